The highest BCUT2D eigenvalue weighted by Crippen LogP contribution is 2.39. The molecule has 45 heavy (non-hydrogen) atoms. The van der Waals surface area contributed by atoms with Gasteiger partial charge in [-0.05, 0) is 32.9 Å². The Morgan fingerprint density at radius 3 is 2.24 bits per heavy atom. The molecule has 2 N–H and O–H groups in total. The van der Waals surface area contributed by atoms with Crippen molar-refractivity contribution < 1.29 is 31.5 Å². The van der Waals surface area contributed by atoms with E-state index < -0.39 is 51.7 Å². The van der Waals surface area contributed by atoms with E-state index >= 15 is 8.78 Å². The van der Waals surface area contributed by atoms with Crippen molar-refractivity contribution >= 4 is 23.1 Å². The van der Waals surface area contributed by atoms with Gasteiger partial charge in [-0.2, -0.15) is 13.2 Å². The lowest BCUT2D eigenvalue weighted by Gasteiger charge is -2.44. The third-order valence-corrected chi connectivity index (χ3v) is 8.40. The number of rotatable bonds is 6. The number of piperazine rings is 1. The third-order valence-electron chi connectivity index (χ3n) is 8.40. The summed E-state index contributed by atoms with van der Waals surface area (Å²) in [5.41, 5.74) is 0.795. The molecule has 240 valence electrons. The average Bonchev–Trinajstić information content (AvgIpc) is 2.99. The quantitative estimate of drug-likeness (QED) is 0.408. The van der Waals surface area contributed by atoms with Crippen LogP contribution in [0.15, 0.2) is 41.6 Å². The summed E-state index contributed by atoms with van der Waals surface area (Å²) < 4.78 is 79.6. The predicted molar refractivity (Wildman–Crippen MR) is 158 cm³/mol. The van der Waals surface area contributed by atoms with Crippen molar-refractivity contribution in [3.05, 3.63) is 75.5 Å². The first-order valence-electron chi connectivity index (χ1n) is 14.1. The zero-order valence-corrected chi connectivity index (χ0v) is 25.0. The Balaban J connectivity index is 1.66. The molecule has 0 aliphatic carbocycles. The van der Waals surface area contributed by atoms with Gasteiger partial charge in [-0.25, -0.2) is 18.7 Å². The lowest BCUT2D eigenvalue weighted by molar-refractivity contribution is -0.138. The number of nitrogens with two attached hydrogens (primary N) is 1. The number of carbonyl (C=O) groups excluding carboxylic acids is 1. The summed E-state index contributed by atoms with van der Waals surface area (Å²) in [4.78, 5) is 39.4. The molecule has 0 unspecified atom stereocenters. The third kappa shape index (κ3) is 6.08. The Bertz CT molecular complexity index is 1700. The molecule has 15 heteroatoms. The molecule has 2 aromatic heterocycles. The zero-order chi connectivity index (χ0) is 32.8. The van der Waals surface area contributed by atoms with E-state index in [9.17, 15) is 22.8 Å². The molecule has 1 amide bonds. The fourth-order valence-corrected chi connectivity index (χ4v) is 5.76. The monoisotopic (exact) mass is 633 g/mol. The van der Waals surface area contributed by atoms with Crippen LogP contribution in [0.1, 0.15) is 41.8 Å². The Morgan fingerprint density at radius 2 is 1.71 bits per heavy atom. The molecule has 2 aliphatic heterocycles. The summed E-state index contributed by atoms with van der Waals surface area (Å²) in [5.74, 6) is -2.66. The van der Waals surface area contributed by atoms with Gasteiger partial charge >= 0.3 is 6.18 Å². The highest BCUT2D eigenvalue weighted by Gasteiger charge is 2.37. The normalized spacial score (nSPS) is 19.4. The molecular weight excluding hydrogens is 601 g/mol. The van der Waals surface area contributed by atoms with Crippen molar-refractivity contribution in [1.29, 1.82) is 0 Å². The lowest BCUT2D eigenvalue weighted by atomic mass is 9.96. The fraction of sp³-hybridized carbons (Fsp3) is 0.400. The molecule has 2 aliphatic rings. The number of anilines is 2. The number of nitrogens with zero attached hydrogens (tertiary/aromatic N) is 6. The number of alkyl halides is 3. The van der Waals surface area contributed by atoms with E-state index in [0.717, 1.165) is 6.07 Å². The smallest absolute Gasteiger partial charge is 0.417 e. The number of likely N-dealkylation sites (N-methyl/N-ethyl adjacent to an activating group) is 1. The summed E-state index contributed by atoms with van der Waals surface area (Å²) >= 11 is 0. The van der Waals surface area contributed by atoms with Crippen LogP contribution >= 0.6 is 0 Å². The molecule has 3 aromatic rings. The van der Waals surface area contributed by atoms with Crippen molar-refractivity contribution in [2.24, 2.45) is 5.73 Å². The van der Waals surface area contributed by atoms with Crippen LogP contribution in [0.3, 0.4) is 0 Å². The number of hydrogen-bond acceptors (Lipinski definition) is 8. The van der Waals surface area contributed by atoms with E-state index in [1.54, 1.807) is 15.9 Å². The number of methoxy groups -OCH3 is 1. The second kappa shape index (κ2) is 12.1. The van der Waals surface area contributed by atoms with E-state index in [2.05, 4.69) is 14.9 Å². The van der Waals surface area contributed by atoms with E-state index in [0.29, 0.717) is 42.1 Å². The molecule has 10 nitrogen and oxygen atoms in total. The number of pyridine rings is 1. The average molecular weight is 634 g/mol. The van der Waals surface area contributed by atoms with E-state index in [1.807, 2.05) is 20.9 Å². The number of aromatic nitrogens is 3. The molecule has 5 rings (SSSR count). The Morgan fingerprint density at radius 1 is 1.07 bits per heavy atom. The Kier molecular flexibility index (Phi) is 8.58. The minimum absolute atomic E-state index is 0.0394. The van der Waals surface area contributed by atoms with Crippen LogP contribution in [-0.2, 0) is 6.18 Å². The van der Waals surface area contributed by atoms with Crippen molar-refractivity contribution in [1.82, 2.24) is 19.4 Å². The van der Waals surface area contributed by atoms with Gasteiger partial charge in [0.25, 0.3) is 11.5 Å². The number of benzene rings is 1. The van der Waals surface area contributed by atoms with Gasteiger partial charge in [0.1, 0.15) is 11.5 Å². The maximum Gasteiger partial charge on any atom is 0.417 e. The van der Waals surface area contributed by atoms with Gasteiger partial charge in [0.05, 0.1) is 41.9 Å². The molecule has 1 saturated heterocycles. The number of primary amides is 1. The SMILES string of the molecule is COc1cnc(N2CC=C(c3c(F)cc(N4C[C@@H](C)N(C)[C@@H](C)C4)c(-n4cc(C(N)=O)c(C(F)(F)F)cc4=O)c3F)CC2)nc1. The number of hydrogen-bond donors (Lipinski definition) is 1. The van der Waals surface area contributed by atoms with Gasteiger partial charge in [0.2, 0.25) is 5.95 Å². The standard InChI is InChI=1S/C30H32F5N7O3/c1-16-13-41(14-17(2)39(16)3)23-10-22(31)25(18-5-7-40(8-6-18)29-37-11-19(45-4)12-38-29)26(32)27(23)42-15-20(28(36)44)21(9-24(42)43)30(33,34)35/h5,9-12,15-17H,6-8,13-14H2,1-4H3,(H2,36,44)/t16-,17+. The van der Waals surface area contributed by atoms with Gasteiger partial charge < -0.3 is 20.3 Å². The molecule has 1 aromatic carbocycles. The van der Waals surface area contributed by atoms with E-state index in [4.69, 9.17) is 10.5 Å². The minimum atomic E-state index is -5.08. The first kappa shape index (κ1) is 31.9. The van der Waals surface area contributed by atoms with Gasteiger partial charge in [0, 0.05) is 56.6 Å². The maximum atomic E-state index is 16.8. The fourth-order valence-electron chi connectivity index (χ4n) is 5.76. The van der Waals surface area contributed by atoms with Crippen LogP contribution in [0, 0.1) is 11.6 Å². The molecular formula is C30H32F5N7O3. The van der Waals surface area contributed by atoms with Crippen molar-refractivity contribution in [3.8, 4) is 11.4 Å². The number of ether oxygens (including phenoxy) is 1. The zero-order valence-electron chi connectivity index (χ0n) is 25.0. The van der Waals surface area contributed by atoms with E-state index in [1.165, 1.54) is 19.5 Å². The summed E-state index contributed by atoms with van der Waals surface area (Å²) in [5, 5.41) is 0. The second-order valence-corrected chi connectivity index (χ2v) is 11.2. The molecule has 4 heterocycles. The number of amides is 1. The van der Waals surface area contributed by atoms with Crippen molar-refractivity contribution in [2.75, 3.05) is 50.1 Å². The Labute approximate surface area is 255 Å². The maximum absolute atomic E-state index is 16.8. The van der Waals surface area contributed by atoms with Crippen LogP contribution in [0.5, 0.6) is 5.75 Å². The van der Waals surface area contributed by atoms with Crippen molar-refractivity contribution in [3.63, 3.8) is 0 Å². The number of carbonyl (C=O) groups is 1. The molecule has 0 bridgehead atoms. The molecule has 0 saturated carbocycles. The largest absolute Gasteiger partial charge is 0.494 e. The molecule has 0 radical (unpaired) electrons. The topological polar surface area (TPSA) is 110 Å². The lowest BCUT2D eigenvalue weighted by Crippen LogP contribution is -2.55. The van der Waals surface area contributed by atoms with Crippen LogP contribution in [-0.4, -0.2) is 77.8 Å². The van der Waals surface area contributed by atoms with E-state index in [-0.39, 0.29) is 42.4 Å². The van der Waals surface area contributed by atoms with Gasteiger partial charge in [0.15, 0.2) is 11.6 Å². The van der Waals surface area contributed by atoms with Gasteiger partial charge in [-0.3, -0.25) is 19.1 Å². The summed E-state index contributed by atoms with van der Waals surface area (Å²) in [6, 6.07) is 1.16. The number of halogens is 5. The van der Waals surface area contributed by atoms with Crippen LogP contribution < -0.4 is 25.8 Å². The summed E-state index contributed by atoms with van der Waals surface area (Å²) in [6.45, 7) is 4.96. The summed E-state index contributed by atoms with van der Waals surface area (Å²) in [6.07, 6.45) is 0.262. The van der Waals surface area contributed by atoms with Crippen LogP contribution in [0.4, 0.5) is 33.6 Å². The van der Waals surface area contributed by atoms with Gasteiger partial charge in [-0.15, -0.1) is 0 Å². The molecule has 1 fully saturated rings. The van der Waals surface area contributed by atoms with Crippen LogP contribution in [0.25, 0.3) is 11.3 Å². The minimum Gasteiger partial charge on any atom is -0.494 e. The second-order valence-electron chi connectivity index (χ2n) is 11.2. The molecule has 2 atom stereocenters. The first-order chi connectivity index (χ1) is 21.2. The first-order valence-corrected chi connectivity index (χ1v) is 14.1. The highest BCUT2D eigenvalue weighted by atomic mass is 19.4. The Hall–Kier alpha value is -4.53. The van der Waals surface area contributed by atoms with Crippen molar-refractivity contribution in [2.45, 2.75) is 38.5 Å². The summed E-state index contributed by atoms with van der Waals surface area (Å²) in [7, 11) is 3.39. The highest BCUT2D eigenvalue weighted by molar-refractivity contribution is 5.94. The predicted octanol–water partition coefficient (Wildman–Crippen LogP) is 3.85. The molecule has 0 spiro atoms. The van der Waals surface area contributed by atoms with Crippen LogP contribution in [0.2, 0.25) is 0 Å². The van der Waals surface area contributed by atoms with Gasteiger partial charge in [-0.1, -0.05) is 6.08 Å².